The van der Waals surface area contributed by atoms with Gasteiger partial charge in [0.1, 0.15) is 5.56 Å². The zero-order valence-corrected chi connectivity index (χ0v) is 11.5. The number of H-pyrrole nitrogens is 1. The van der Waals surface area contributed by atoms with E-state index in [2.05, 4.69) is 9.71 Å². The Morgan fingerprint density at radius 3 is 2.50 bits per heavy atom. The standard InChI is InChI=1S/C10H17N3O4S/c1-6(2)13(4)18(16,17)12-8-5-11-7(3)9(8)10(14)15/h5-6,11-12H,1-4H3,(H,14,15). The lowest BCUT2D eigenvalue weighted by Gasteiger charge is -2.21. The van der Waals surface area contributed by atoms with E-state index in [4.69, 9.17) is 5.11 Å². The fourth-order valence-corrected chi connectivity index (χ4v) is 2.51. The lowest BCUT2D eigenvalue weighted by atomic mass is 10.2. The number of nitrogens with zero attached hydrogens (tertiary/aromatic N) is 1. The normalized spacial score (nSPS) is 12.1. The summed E-state index contributed by atoms with van der Waals surface area (Å²) in [4.78, 5) is 13.7. The Balaban J connectivity index is 3.09. The summed E-state index contributed by atoms with van der Waals surface area (Å²) in [5.74, 6) is -1.18. The van der Waals surface area contributed by atoms with Crippen LogP contribution >= 0.6 is 0 Å². The Hall–Kier alpha value is -1.54. The van der Waals surface area contributed by atoms with E-state index in [0.29, 0.717) is 5.69 Å². The van der Waals surface area contributed by atoms with Crippen LogP contribution in [0.2, 0.25) is 0 Å². The molecule has 102 valence electrons. The number of hydrogen-bond acceptors (Lipinski definition) is 3. The maximum atomic E-state index is 11.9. The van der Waals surface area contributed by atoms with E-state index in [9.17, 15) is 13.2 Å². The van der Waals surface area contributed by atoms with Gasteiger partial charge < -0.3 is 10.1 Å². The molecule has 0 radical (unpaired) electrons. The fraction of sp³-hybridized carbons (Fsp3) is 0.500. The van der Waals surface area contributed by atoms with Gasteiger partial charge in [0.05, 0.1) is 5.69 Å². The van der Waals surface area contributed by atoms with Crippen molar-refractivity contribution in [3.8, 4) is 0 Å². The maximum Gasteiger partial charge on any atom is 0.339 e. The summed E-state index contributed by atoms with van der Waals surface area (Å²) in [7, 11) is -2.33. The second-order valence-corrected chi connectivity index (χ2v) is 5.95. The van der Waals surface area contributed by atoms with E-state index in [1.165, 1.54) is 13.2 Å². The summed E-state index contributed by atoms with van der Waals surface area (Å²) in [5.41, 5.74) is 0.357. The van der Waals surface area contributed by atoms with Gasteiger partial charge in [0.2, 0.25) is 0 Å². The van der Waals surface area contributed by atoms with Crippen LogP contribution in [-0.2, 0) is 10.2 Å². The molecule has 0 aromatic carbocycles. The number of carbonyl (C=O) groups is 1. The summed E-state index contributed by atoms with van der Waals surface area (Å²) < 4.78 is 27.2. The number of rotatable bonds is 5. The number of carboxylic acids is 1. The first-order valence-corrected chi connectivity index (χ1v) is 6.78. The van der Waals surface area contributed by atoms with Crippen molar-refractivity contribution in [2.75, 3.05) is 11.8 Å². The predicted molar refractivity (Wildman–Crippen MR) is 67.9 cm³/mol. The molecular weight excluding hydrogens is 258 g/mol. The van der Waals surface area contributed by atoms with Gasteiger partial charge in [-0.1, -0.05) is 0 Å². The van der Waals surface area contributed by atoms with E-state index < -0.39 is 16.2 Å². The molecule has 0 bridgehead atoms. The molecule has 0 aliphatic rings. The summed E-state index contributed by atoms with van der Waals surface area (Å²) in [5, 5.41) is 9.01. The van der Waals surface area contributed by atoms with E-state index in [1.807, 2.05) is 0 Å². The van der Waals surface area contributed by atoms with Crippen molar-refractivity contribution in [2.45, 2.75) is 26.8 Å². The van der Waals surface area contributed by atoms with Crippen molar-refractivity contribution >= 4 is 21.9 Å². The minimum atomic E-state index is -3.76. The van der Waals surface area contributed by atoms with Crippen LogP contribution in [0.25, 0.3) is 0 Å². The summed E-state index contributed by atoms with van der Waals surface area (Å²) >= 11 is 0. The molecule has 1 aromatic rings. The highest BCUT2D eigenvalue weighted by atomic mass is 32.2. The third kappa shape index (κ3) is 2.82. The Kier molecular flexibility index (Phi) is 4.02. The summed E-state index contributed by atoms with van der Waals surface area (Å²) in [6.45, 7) is 5.01. The van der Waals surface area contributed by atoms with Crippen LogP contribution in [0, 0.1) is 6.92 Å². The molecule has 0 amide bonds. The molecule has 18 heavy (non-hydrogen) atoms. The molecule has 0 saturated carbocycles. The number of hydrogen-bond donors (Lipinski definition) is 3. The van der Waals surface area contributed by atoms with Gasteiger partial charge in [-0.25, -0.2) is 4.79 Å². The third-order valence-corrected chi connectivity index (χ3v) is 4.29. The fourth-order valence-electron chi connectivity index (χ4n) is 1.37. The molecule has 0 spiro atoms. The predicted octanol–water partition coefficient (Wildman–Crippen LogP) is 1.02. The lowest BCUT2D eigenvalue weighted by molar-refractivity contribution is 0.0697. The molecule has 1 heterocycles. The molecule has 3 N–H and O–H groups in total. The third-order valence-electron chi connectivity index (χ3n) is 2.64. The largest absolute Gasteiger partial charge is 0.478 e. The number of aromatic amines is 1. The number of aromatic nitrogens is 1. The molecule has 0 atom stereocenters. The first-order chi connectivity index (χ1) is 8.16. The molecule has 0 unspecified atom stereocenters. The van der Waals surface area contributed by atoms with Gasteiger partial charge in [-0.2, -0.15) is 12.7 Å². The smallest absolute Gasteiger partial charge is 0.339 e. The minimum absolute atomic E-state index is 0.0347. The van der Waals surface area contributed by atoms with Gasteiger partial charge >= 0.3 is 16.2 Å². The minimum Gasteiger partial charge on any atom is -0.478 e. The van der Waals surface area contributed by atoms with Crippen LogP contribution in [0.3, 0.4) is 0 Å². The van der Waals surface area contributed by atoms with Crippen molar-refractivity contribution in [1.29, 1.82) is 0 Å². The highest BCUT2D eigenvalue weighted by molar-refractivity contribution is 7.90. The zero-order chi connectivity index (χ0) is 14.1. The molecule has 8 heteroatoms. The van der Waals surface area contributed by atoms with E-state index in [-0.39, 0.29) is 17.3 Å². The van der Waals surface area contributed by atoms with Crippen LogP contribution in [0.5, 0.6) is 0 Å². The molecule has 0 aliphatic carbocycles. The number of anilines is 1. The maximum absolute atomic E-state index is 11.9. The molecule has 1 rings (SSSR count). The molecule has 7 nitrogen and oxygen atoms in total. The molecule has 0 saturated heterocycles. The van der Waals surface area contributed by atoms with E-state index in [1.54, 1.807) is 20.8 Å². The number of carboxylic acid groups (broad SMARTS) is 1. The zero-order valence-electron chi connectivity index (χ0n) is 10.7. The highest BCUT2D eigenvalue weighted by Gasteiger charge is 2.24. The van der Waals surface area contributed by atoms with Gasteiger partial charge in [-0.3, -0.25) is 4.72 Å². The van der Waals surface area contributed by atoms with E-state index in [0.717, 1.165) is 4.31 Å². The molecule has 0 fully saturated rings. The number of aryl methyl sites for hydroxylation is 1. The Labute approximate surface area is 106 Å². The van der Waals surface area contributed by atoms with Crippen molar-refractivity contribution in [3.05, 3.63) is 17.5 Å². The second kappa shape index (κ2) is 4.99. The van der Waals surface area contributed by atoms with Crippen LogP contribution in [0.4, 0.5) is 5.69 Å². The van der Waals surface area contributed by atoms with Crippen molar-refractivity contribution in [1.82, 2.24) is 9.29 Å². The van der Waals surface area contributed by atoms with Gasteiger partial charge in [0.25, 0.3) is 0 Å². The topological polar surface area (TPSA) is 103 Å². The number of aromatic carboxylic acids is 1. The van der Waals surface area contributed by atoms with Crippen LogP contribution in [-0.4, -0.2) is 41.9 Å². The Morgan fingerprint density at radius 1 is 1.50 bits per heavy atom. The first kappa shape index (κ1) is 14.5. The highest BCUT2D eigenvalue weighted by Crippen LogP contribution is 2.21. The average molecular weight is 275 g/mol. The van der Waals surface area contributed by atoms with E-state index >= 15 is 0 Å². The first-order valence-electron chi connectivity index (χ1n) is 5.34. The second-order valence-electron chi connectivity index (χ2n) is 4.22. The van der Waals surface area contributed by atoms with Crippen molar-refractivity contribution < 1.29 is 18.3 Å². The van der Waals surface area contributed by atoms with Crippen LogP contribution in [0.1, 0.15) is 29.9 Å². The van der Waals surface area contributed by atoms with Crippen molar-refractivity contribution in [2.24, 2.45) is 0 Å². The van der Waals surface area contributed by atoms with Gasteiger partial charge in [0, 0.05) is 25.0 Å². The van der Waals surface area contributed by atoms with Gasteiger partial charge in [0.15, 0.2) is 0 Å². The van der Waals surface area contributed by atoms with Gasteiger partial charge in [-0.05, 0) is 20.8 Å². The lowest BCUT2D eigenvalue weighted by Crippen LogP contribution is -2.37. The van der Waals surface area contributed by atoms with Crippen molar-refractivity contribution in [3.63, 3.8) is 0 Å². The summed E-state index contributed by atoms with van der Waals surface area (Å²) in [6.07, 6.45) is 1.32. The molecule has 1 aromatic heterocycles. The monoisotopic (exact) mass is 275 g/mol. The van der Waals surface area contributed by atoms with Crippen LogP contribution in [0.15, 0.2) is 6.20 Å². The molecule has 0 aliphatic heterocycles. The quantitative estimate of drug-likeness (QED) is 0.746. The Morgan fingerprint density at radius 2 is 2.06 bits per heavy atom. The molecular formula is C10H17N3O4S. The van der Waals surface area contributed by atoms with Crippen LogP contribution < -0.4 is 4.72 Å². The SMILES string of the molecule is Cc1[nH]cc(NS(=O)(=O)N(C)C(C)C)c1C(=O)O. The average Bonchev–Trinajstić information content (AvgIpc) is 2.57. The number of nitrogens with one attached hydrogen (secondary N) is 2. The van der Waals surface area contributed by atoms with Gasteiger partial charge in [-0.15, -0.1) is 0 Å². The summed E-state index contributed by atoms with van der Waals surface area (Å²) in [6, 6.07) is -0.226. The Bertz CT molecular complexity index is 547.